The minimum Gasteiger partial charge on any atom is -0.339 e. The fourth-order valence-electron chi connectivity index (χ4n) is 5.53. The first kappa shape index (κ1) is 30.8. The predicted molar refractivity (Wildman–Crippen MR) is 167 cm³/mol. The van der Waals surface area contributed by atoms with E-state index in [-0.39, 0.29) is 23.8 Å². The van der Waals surface area contributed by atoms with E-state index in [1.54, 1.807) is 11.8 Å². The molecule has 2 unspecified atom stereocenters. The maximum absolute atomic E-state index is 13.1. The third-order valence-electron chi connectivity index (χ3n) is 8.08. The smallest absolute Gasteiger partial charge is 0.226 e. The van der Waals surface area contributed by atoms with Gasteiger partial charge < -0.3 is 9.80 Å². The highest BCUT2D eigenvalue weighted by atomic mass is 32.2. The summed E-state index contributed by atoms with van der Waals surface area (Å²) in [5, 5.41) is 9.96. The monoisotopic (exact) mass is 575 g/mol. The molecule has 220 valence electrons. The second-order valence-electron chi connectivity index (χ2n) is 11.2. The molecule has 1 aliphatic heterocycles. The standard InChI is InChI=1S/C33H45N5O2S/c1-6-8-13-27(7-2)32(40)37-21-20-36(23-26(37)5)30(39)15-11-22-41-33-35-34-31(28-18-16-24(3)17-19-28)38(33)29-14-10-9-12-25(29)4/h9-10,12,14,16-19,26-27H,6-8,11,13,15,20-23H2,1-5H3. The van der Waals surface area contributed by atoms with Crippen molar-refractivity contribution in [2.45, 2.75) is 84.3 Å². The van der Waals surface area contributed by atoms with Gasteiger partial charge in [-0.05, 0) is 51.7 Å². The number of aromatic nitrogens is 3. The fraction of sp³-hybridized carbons (Fsp3) is 0.515. The van der Waals surface area contributed by atoms with Gasteiger partial charge in [-0.25, -0.2) is 0 Å². The maximum atomic E-state index is 13.1. The number of piperazine rings is 1. The normalized spacial score (nSPS) is 16.2. The second kappa shape index (κ2) is 14.7. The number of unbranched alkanes of at least 4 members (excludes halogenated alkanes) is 1. The SMILES string of the molecule is CCCCC(CC)C(=O)N1CCN(C(=O)CCCSc2nnc(-c3ccc(C)cc3)n2-c2ccccc2C)CC1C. The summed E-state index contributed by atoms with van der Waals surface area (Å²) in [6, 6.07) is 16.7. The van der Waals surface area contributed by atoms with Gasteiger partial charge in [0.15, 0.2) is 11.0 Å². The molecule has 2 aromatic carbocycles. The van der Waals surface area contributed by atoms with Crippen LogP contribution in [0.15, 0.2) is 53.7 Å². The van der Waals surface area contributed by atoms with Gasteiger partial charge in [-0.15, -0.1) is 10.2 Å². The van der Waals surface area contributed by atoms with Crippen LogP contribution in [0.4, 0.5) is 0 Å². The van der Waals surface area contributed by atoms with E-state index < -0.39 is 0 Å². The molecule has 4 rings (SSSR count). The van der Waals surface area contributed by atoms with Gasteiger partial charge in [-0.3, -0.25) is 14.2 Å². The number of aryl methyl sites for hydroxylation is 2. The van der Waals surface area contributed by atoms with E-state index in [9.17, 15) is 9.59 Å². The largest absolute Gasteiger partial charge is 0.339 e. The number of benzene rings is 2. The number of carbonyl (C=O) groups excluding carboxylic acids is 2. The van der Waals surface area contributed by atoms with Crippen LogP contribution >= 0.6 is 11.8 Å². The lowest BCUT2D eigenvalue weighted by molar-refractivity contribution is -0.145. The summed E-state index contributed by atoms with van der Waals surface area (Å²) >= 11 is 1.64. The summed E-state index contributed by atoms with van der Waals surface area (Å²) in [7, 11) is 0. The number of hydrogen-bond donors (Lipinski definition) is 0. The zero-order valence-electron chi connectivity index (χ0n) is 25.3. The van der Waals surface area contributed by atoms with Crippen LogP contribution in [-0.4, -0.2) is 67.8 Å². The van der Waals surface area contributed by atoms with Crippen molar-refractivity contribution in [3.63, 3.8) is 0 Å². The molecule has 1 aliphatic rings. The van der Waals surface area contributed by atoms with E-state index in [0.29, 0.717) is 26.1 Å². The van der Waals surface area contributed by atoms with Gasteiger partial charge in [0.25, 0.3) is 0 Å². The molecule has 7 nitrogen and oxygen atoms in total. The molecule has 1 aromatic heterocycles. The predicted octanol–water partition coefficient (Wildman–Crippen LogP) is 6.70. The minimum atomic E-state index is 0.0538. The Hall–Kier alpha value is -3.13. The third-order valence-corrected chi connectivity index (χ3v) is 9.09. The fourth-order valence-corrected chi connectivity index (χ4v) is 6.41. The molecule has 2 atom stereocenters. The van der Waals surface area contributed by atoms with Crippen molar-refractivity contribution >= 4 is 23.6 Å². The Morgan fingerprint density at radius 1 is 1.00 bits per heavy atom. The summed E-state index contributed by atoms with van der Waals surface area (Å²) in [4.78, 5) is 30.2. The van der Waals surface area contributed by atoms with E-state index in [1.165, 1.54) is 5.56 Å². The molecule has 3 aromatic rings. The third kappa shape index (κ3) is 7.59. The molecule has 0 bridgehead atoms. The van der Waals surface area contributed by atoms with Crippen molar-refractivity contribution in [2.75, 3.05) is 25.4 Å². The Morgan fingerprint density at radius 3 is 2.44 bits per heavy atom. The lowest BCUT2D eigenvalue weighted by Crippen LogP contribution is -2.56. The highest BCUT2D eigenvalue weighted by Gasteiger charge is 2.32. The summed E-state index contributed by atoms with van der Waals surface area (Å²) in [6.45, 7) is 12.4. The molecule has 1 fully saturated rings. The van der Waals surface area contributed by atoms with Crippen molar-refractivity contribution in [3.8, 4) is 17.1 Å². The highest BCUT2D eigenvalue weighted by Crippen LogP contribution is 2.30. The first-order valence-electron chi connectivity index (χ1n) is 15.1. The van der Waals surface area contributed by atoms with Crippen LogP contribution in [0.25, 0.3) is 17.1 Å². The molecule has 0 spiro atoms. The first-order chi connectivity index (χ1) is 19.8. The molecular weight excluding hydrogens is 530 g/mol. The summed E-state index contributed by atoms with van der Waals surface area (Å²) in [5.74, 6) is 2.13. The Morgan fingerprint density at radius 2 is 1.76 bits per heavy atom. The van der Waals surface area contributed by atoms with E-state index in [0.717, 1.165) is 65.7 Å². The number of carbonyl (C=O) groups is 2. The lowest BCUT2D eigenvalue weighted by Gasteiger charge is -2.41. The average Bonchev–Trinajstić information content (AvgIpc) is 3.39. The first-order valence-corrected chi connectivity index (χ1v) is 16.1. The van der Waals surface area contributed by atoms with Crippen LogP contribution in [0.3, 0.4) is 0 Å². The van der Waals surface area contributed by atoms with Gasteiger partial charge in [0.1, 0.15) is 0 Å². The van der Waals surface area contributed by atoms with E-state index in [2.05, 4.69) is 85.8 Å². The number of rotatable bonds is 12. The van der Waals surface area contributed by atoms with Gasteiger partial charge in [-0.1, -0.05) is 86.5 Å². The van der Waals surface area contributed by atoms with Crippen LogP contribution in [0.2, 0.25) is 0 Å². The average molecular weight is 576 g/mol. The van der Waals surface area contributed by atoms with Gasteiger partial charge in [0.05, 0.1) is 5.69 Å². The molecule has 8 heteroatoms. The van der Waals surface area contributed by atoms with Gasteiger partial charge >= 0.3 is 0 Å². The Balaban J connectivity index is 1.34. The maximum Gasteiger partial charge on any atom is 0.226 e. The topological polar surface area (TPSA) is 71.3 Å². The Labute approximate surface area is 249 Å². The van der Waals surface area contributed by atoms with Crippen LogP contribution in [0.5, 0.6) is 0 Å². The van der Waals surface area contributed by atoms with Gasteiger partial charge in [-0.2, -0.15) is 0 Å². The second-order valence-corrected chi connectivity index (χ2v) is 12.3. The van der Waals surface area contributed by atoms with Crippen LogP contribution < -0.4 is 0 Å². The molecule has 0 radical (unpaired) electrons. The molecule has 0 aliphatic carbocycles. The number of hydrogen-bond acceptors (Lipinski definition) is 5. The van der Waals surface area contributed by atoms with E-state index in [1.807, 2.05) is 21.9 Å². The lowest BCUT2D eigenvalue weighted by atomic mass is 9.96. The molecular formula is C33H45N5O2S. The summed E-state index contributed by atoms with van der Waals surface area (Å²) in [5.41, 5.74) is 4.44. The van der Waals surface area contributed by atoms with Crippen molar-refractivity contribution in [2.24, 2.45) is 5.92 Å². The summed E-state index contributed by atoms with van der Waals surface area (Å²) < 4.78 is 2.13. The van der Waals surface area contributed by atoms with Crippen LogP contribution in [0.1, 0.15) is 70.4 Å². The van der Waals surface area contributed by atoms with Gasteiger partial charge in [0, 0.05) is 49.3 Å². The summed E-state index contributed by atoms with van der Waals surface area (Å²) in [6.07, 6.45) is 5.28. The molecule has 1 saturated heterocycles. The van der Waals surface area contributed by atoms with Crippen molar-refractivity contribution < 1.29 is 9.59 Å². The minimum absolute atomic E-state index is 0.0538. The Kier molecular flexibility index (Phi) is 11.0. The number of amides is 2. The van der Waals surface area contributed by atoms with Crippen molar-refractivity contribution in [1.82, 2.24) is 24.6 Å². The molecule has 2 amide bonds. The quantitative estimate of drug-likeness (QED) is 0.178. The van der Waals surface area contributed by atoms with Crippen molar-refractivity contribution in [3.05, 3.63) is 59.7 Å². The zero-order valence-corrected chi connectivity index (χ0v) is 26.1. The number of nitrogens with zero attached hydrogens (tertiary/aromatic N) is 5. The molecule has 2 heterocycles. The highest BCUT2D eigenvalue weighted by molar-refractivity contribution is 7.99. The number of para-hydroxylation sites is 1. The van der Waals surface area contributed by atoms with Crippen LogP contribution in [0, 0.1) is 19.8 Å². The zero-order chi connectivity index (χ0) is 29.4. The molecule has 0 N–H and O–H groups in total. The Bertz CT molecular complexity index is 1310. The molecule has 41 heavy (non-hydrogen) atoms. The number of thioether (sulfide) groups is 1. The van der Waals surface area contributed by atoms with Gasteiger partial charge in [0.2, 0.25) is 11.8 Å². The van der Waals surface area contributed by atoms with Crippen molar-refractivity contribution in [1.29, 1.82) is 0 Å². The van der Waals surface area contributed by atoms with Crippen LogP contribution in [-0.2, 0) is 9.59 Å². The molecule has 0 saturated carbocycles. The van der Waals surface area contributed by atoms with E-state index in [4.69, 9.17) is 0 Å². The van der Waals surface area contributed by atoms with E-state index >= 15 is 0 Å².